The molecule has 0 bridgehead atoms. The molecule has 0 saturated carbocycles. The lowest BCUT2D eigenvalue weighted by atomic mass is 9.99. The number of imidazole rings is 1. The third-order valence-corrected chi connectivity index (χ3v) is 11.5. The molecule has 0 spiro atoms. The van der Waals surface area contributed by atoms with E-state index in [2.05, 4.69) is 10.3 Å². The van der Waals surface area contributed by atoms with E-state index in [1.54, 1.807) is 43.1 Å². The van der Waals surface area contributed by atoms with Gasteiger partial charge in [-0.25, -0.2) is 4.98 Å². The zero-order chi connectivity index (χ0) is 43.7. The average molecular weight is 849 g/mol. The third kappa shape index (κ3) is 10.2. The zero-order valence-corrected chi connectivity index (χ0v) is 35.5. The number of hydrogen-bond acceptors (Lipinski definition) is 9. The summed E-state index contributed by atoms with van der Waals surface area (Å²) in [5.41, 5.74) is 12.2. The van der Waals surface area contributed by atoms with Crippen molar-refractivity contribution in [1.82, 2.24) is 19.1 Å². The molecule has 13 heteroatoms. The Bertz CT molecular complexity index is 2790. The lowest BCUT2D eigenvalue weighted by Crippen LogP contribution is -2.23. The molecule has 2 atom stereocenters. The molecule has 5 heterocycles. The molecule has 2 fully saturated rings. The molecule has 4 aromatic carbocycles. The van der Waals surface area contributed by atoms with Gasteiger partial charge in [0.2, 0.25) is 17.0 Å². The van der Waals surface area contributed by atoms with Crippen LogP contribution in [-0.4, -0.2) is 51.4 Å². The molecule has 2 unspecified atom stereocenters. The number of rotatable bonds is 9. The summed E-state index contributed by atoms with van der Waals surface area (Å²) < 4.78 is 26.7. The Hall–Kier alpha value is -6.96. The van der Waals surface area contributed by atoms with Crippen molar-refractivity contribution < 1.29 is 23.7 Å². The van der Waals surface area contributed by atoms with Crippen LogP contribution in [0.4, 0.5) is 11.4 Å². The van der Waals surface area contributed by atoms with Crippen molar-refractivity contribution >= 4 is 28.3 Å². The molecule has 3 aromatic heterocycles. The maximum absolute atomic E-state index is 12.9. The molecule has 63 heavy (non-hydrogen) atoms. The van der Waals surface area contributed by atoms with Gasteiger partial charge in [0.05, 0.1) is 16.9 Å². The number of nitrogens with zero attached hydrogens (tertiary/aromatic N) is 3. The summed E-state index contributed by atoms with van der Waals surface area (Å²) >= 11 is 0. The number of carbonyl (C=O) groups is 1. The van der Waals surface area contributed by atoms with Gasteiger partial charge < -0.3 is 44.1 Å². The first-order chi connectivity index (χ1) is 30.7. The number of para-hydroxylation sites is 2. The number of carbonyl (C=O) groups excluding carboxylic acids is 1. The maximum Gasteiger partial charge on any atom is 0.250 e. The highest BCUT2D eigenvalue weighted by atomic mass is 16.5. The van der Waals surface area contributed by atoms with Crippen LogP contribution in [0.2, 0.25) is 0 Å². The van der Waals surface area contributed by atoms with Crippen molar-refractivity contribution in [2.45, 2.75) is 44.4 Å². The van der Waals surface area contributed by atoms with Crippen LogP contribution in [0.15, 0.2) is 131 Å². The molecule has 0 aliphatic carbocycles. The number of nitrogens with two attached hydrogens (primary N) is 1. The van der Waals surface area contributed by atoms with Gasteiger partial charge in [-0.15, -0.1) is 0 Å². The molecule has 2 saturated heterocycles. The summed E-state index contributed by atoms with van der Waals surface area (Å²) in [4.78, 5) is 45.1. The van der Waals surface area contributed by atoms with Gasteiger partial charge in [0.1, 0.15) is 22.8 Å². The van der Waals surface area contributed by atoms with Crippen LogP contribution in [0, 0.1) is 5.92 Å². The van der Waals surface area contributed by atoms with Crippen LogP contribution >= 0.6 is 0 Å². The minimum absolute atomic E-state index is 0.0482. The number of aromatic amines is 1. The molecule has 1 amide bonds. The number of nitrogen functional groups attached to an aromatic ring is 1. The summed E-state index contributed by atoms with van der Waals surface area (Å²) in [5.74, 6) is 3.63. The number of aryl methyl sites for hydroxylation is 2. The Kier molecular flexibility index (Phi) is 13.4. The number of benzene rings is 4. The number of pyridine rings is 2. The predicted molar refractivity (Wildman–Crippen MR) is 246 cm³/mol. The highest BCUT2D eigenvalue weighted by Crippen LogP contribution is 2.43. The Morgan fingerprint density at radius 1 is 0.683 bits per heavy atom. The molecule has 7 aromatic rings. The minimum atomic E-state index is -0.112. The Morgan fingerprint density at radius 3 is 1.89 bits per heavy atom. The summed E-state index contributed by atoms with van der Waals surface area (Å²) in [6, 6.07) is 33.4. The van der Waals surface area contributed by atoms with E-state index >= 15 is 0 Å². The van der Waals surface area contributed by atoms with Gasteiger partial charge in [-0.05, 0) is 99.2 Å². The van der Waals surface area contributed by atoms with Crippen molar-refractivity contribution in [3.05, 3.63) is 148 Å². The van der Waals surface area contributed by atoms with E-state index in [4.69, 9.17) is 29.7 Å². The fourth-order valence-corrected chi connectivity index (χ4v) is 7.94. The Labute approximate surface area is 365 Å². The highest BCUT2D eigenvalue weighted by Gasteiger charge is 2.24. The number of fused-ring (bicyclic) bond motifs is 1. The Morgan fingerprint density at radius 2 is 1.25 bits per heavy atom. The van der Waals surface area contributed by atoms with Crippen molar-refractivity contribution in [1.29, 1.82) is 0 Å². The lowest BCUT2D eigenvalue weighted by Gasteiger charge is -2.19. The topological polar surface area (TPSA) is 165 Å². The van der Waals surface area contributed by atoms with Gasteiger partial charge in [-0.3, -0.25) is 14.4 Å². The second-order valence-electron chi connectivity index (χ2n) is 15.9. The van der Waals surface area contributed by atoms with Crippen LogP contribution in [0.1, 0.15) is 50.3 Å². The smallest absolute Gasteiger partial charge is 0.250 e. The lowest BCUT2D eigenvalue weighted by molar-refractivity contribution is -0.120. The molecule has 2 aliphatic rings. The molecular formula is C50H52N6O7. The second kappa shape index (κ2) is 19.8. The van der Waals surface area contributed by atoms with E-state index < -0.39 is 0 Å². The van der Waals surface area contributed by atoms with E-state index in [9.17, 15) is 14.4 Å². The Balaban J connectivity index is 0.000000173. The van der Waals surface area contributed by atoms with Crippen molar-refractivity contribution in [2.75, 3.05) is 37.5 Å². The monoisotopic (exact) mass is 848 g/mol. The van der Waals surface area contributed by atoms with Gasteiger partial charge in [0.15, 0.2) is 11.5 Å². The predicted octanol–water partition coefficient (Wildman–Crippen LogP) is 9.19. The molecule has 2 aliphatic heterocycles. The zero-order valence-electron chi connectivity index (χ0n) is 35.5. The van der Waals surface area contributed by atoms with Crippen LogP contribution < -0.4 is 31.6 Å². The van der Waals surface area contributed by atoms with E-state index in [0.717, 1.165) is 90.2 Å². The van der Waals surface area contributed by atoms with Gasteiger partial charge >= 0.3 is 0 Å². The first-order valence-corrected chi connectivity index (χ1v) is 21.4. The van der Waals surface area contributed by atoms with E-state index in [-0.39, 0.29) is 22.9 Å². The van der Waals surface area contributed by atoms with Crippen molar-refractivity contribution in [3.63, 3.8) is 0 Å². The van der Waals surface area contributed by atoms with E-state index in [0.29, 0.717) is 54.2 Å². The SMILES string of the molecule is Cn1cc(-c2ccc(NC(=O)C3CCCOCC3)c(N)c2Oc2ccccc2)ccc1=O.Cn1cc(-c2ccc3[nH]c(C4CCCOCC4)nc3c2Oc2ccccc2)ccc1=O. The van der Waals surface area contributed by atoms with Crippen LogP contribution in [0.3, 0.4) is 0 Å². The van der Waals surface area contributed by atoms with Gasteiger partial charge in [0.25, 0.3) is 0 Å². The number of hydrogen-bond donors (Lipinski definition) is 3. The molecule has 9 rings (SSSR count). The summed E-state index contributed by atoms with van der Waals surface area (Å²) in [7, 11) is 3.45. The quantitative estimate of drug-likeness (QED) is 0.120. The standard InChI is InChI=1S/C25H27N3O4.C25H25N3O3/c1-28-16-18(9-12-22(28)29)20-10-11-21(27-25(30)17-6-5-14-31-15-13-17)23(26)24(20)32-19-7-3-2-4-8-19;1-28-16-18(9-12-22(28)29)20-10-11-21-23(24(20)31-19-7-3-2-4-8-19)27-25(26-21)17-6-5-14-30-15-13-17/h2-4,7-12,16-17H,5-6,13-15,26H2,1H3,(H,27,30);2-4,7-12,16-17H,5-6,13-15H2,1H3,(H,26,27). The largest absolute Gasteiger partial charge is 0.454 e. The average Bonchev–Trinajstić information content (AvgIpc) is 3.44. The number of anilines is 2. The van der Waals surface area contributed by atoms with Gasteiger partial charge in [0, 0.05) is 99.1 Å². The summed E-state index contributed by atoms with van der Waals surface area (Å²) in [5, 5.41) is 2.98. The molecule has 4 N–H and O–H groups in total. The summed E-state index contributed by atoms with van der Waals surface area (Å²) in [6.45, 7) is 2.85. The third-order valence-electron chi connectivity index (χ3n) is 11.5. The number of H-pyrrole nitrogens is 1. The summed E-state index contributed by atoms with van der Waals surface area (Å²) in [6.07, 6.45) is 8.96. The molecule has 324 valence electrons. The first-order valence-electron chi connectivity index (χ1n) is 21.4. The first kappa shape index (κ1) is 42.7. The fraction of sp³-hybridized carbons (Fsp3) is 0.280. The van der Waals surface area contributed by atoms with Crippen LogP contribution in [0.5, 0.6) is 23.0 Å². The fourth-order valence-electron chi connectivity index (χ4n) is 7.94. The maximum atomic E-state index is 12.9. The number of amides is 1. The van der Waals surface area contributed by atoms with Gasteiger partial charge in [-0.2, -0.15) is 0 Å². The van der Waals surface area contributed by atoms with E-state index in [1.807, 2.05) is 91.1 Å². The van der Waals surface area contributed by atoms with Crippen molar-refractivity contribution in [3.8, 4) is 45.3 Å². The molecular weight excluding hydrogens is 797 g/mol. The molecule has 13 nitrogen and oxygen atoms in total. The number of aromatic nitrogens is 4. The molecule has 0 radical (unpaired) electrons. The number of ether oxygens (including phenoxy) is 4. The number of nitrogens with one attached hydrogen (secondary N) is 2. The normalized spacial score (nSPS) is 16.5. The second-order valence-corrected chi connectivity index (χ2v) is 15.9. The van der Waals surface area contributed by atoms with Crippen molar-refractivity contribution in [2.24, 2.45) is 20.0 Å². The van der Waals surface area contributed by atoms with Crippen LogP contribution in [0.25, 0.3) is 33.3 Å². The minimum Gasteiger partial charge on any atom is -0.454 e. The van der Waals surface area contributed by atoms with Gasteiger partial charge in [-0.1, -0.05) is 36.4 Å². The van der Waals surface area contributed by atoms with Crippen LogP contribution in [-0.2, 0) is 28.4 Å². The highest BCUT2D eigenvalue weighted by molar-refractivity contribution is 5.98. The van der Waals surface area contributed by atoms with E-state index in [1.165, 1.54) is 10.6 Å².